The number of hydrogen-bond acceptors (Lipinski definition) is 4. The maximum atomic E-state index is 12.0. The summed E-state index contributed by atoms with van der Waals surface area (Å²) in [6.07, 6.45) is 1.69. The summed E-state index contributed by atoms with van der Waals surface area (Å²) in [6.45, 7) is 5.91. The van der Waals surface area contributed by atoms with Crippen molar-refractivity contribution in [1.82, 2.24) is 25.0 Å². The van der Waals surface area contributed by atoms with Crippen LogP contribution in [0.25, 0.3) is 5.82 Å². The third-order valence-corrected chi connectivity index (χ3v) is 3.80. The lowest BCUT2D eigenvalue weighted by atomic mass is 10.2. The lowest BCUT2D eigenvalue weighted by Gasteiger charge is -2.20. The molecule has 0 fully saturated rings. The van der Waals surface area contributed by atoms with Gasteiger partial charge in [0.15, 0.2) is 5.82 Å². The molecule has 2 amide bonds. The van der Waals surface area contributed by atoms with Crippen molar-refractivity contribution in [2.24, 2.45) is 5.92 Å². The standard InChI is InChI=1S/C17H23N5O3/c1-11(16(23)24)10-21(4)17(25)19-9-14-5-6-15(18-8-14)22-13(3)7-12(2)20-22/h5-8,11H,9-10H2,1-4H3,(H,19,25)(H,23,24). The molecule has 1 atom stereocenters. The summed E-state index contributed by atoms with van der Waals surface area (Å²) in [5.41, 5.74) is 2.77. The number of aliphatic carboxylic acids is 1. The topological polar surface area (TPSA) is 100 Å². The van der Waals surface area contributed by atoms with Crippen molar-refractivity contribution in [3.8, 4) is 5.82 Å². The predicted octanol–water partition coefficient (Wildman–Crippen LogP) is 1.75. The first kappa shape index (κ1) is 18.4. The summed E-state index contributed by atoms with van der Waals surface area (Å²) in [5.74, 6) is -0.825. The van der Waals surface area contributed by atoms with Crippen LogP contribution in [0.1, 0.15) is 23.9 Å². The zero-order valence-electron chi connectivity index (χ0n) is 14.9. The number of rotatable bonds is 6. The molecule has 134 valence electrons. The summed E-state index contributed by atoms with van der Waals surface area (Å²) >= 11 is 0. The van der Waals surface area contributed by atoms with Gasteiger partial charge in [-0.25, -0.2) is 14.5 Å². The Kier molecular flexibility index (Phi) is 5.74. The van der Waals surface area contributed by atoms with Crippen LogP contribution in [0.5, 0.6) is 0 Å². The molecule has 8 heteroatoms. The van der Waals surface area contributed by atoms with Crippen LogP contribution in [-0.2, 0) is 11.3 Å². The number of urea groups is 1. The Hall–Kier alpha value is -2.90. The number of carbonyl (C=O) groups excluding carboxylic acids is 1. The molecule has 2 rings (SSSR count). The molecular weight excluding hydrogens is 322 g/mol. The van der Waals surface area contributed by atoms with E-state index in [1.54, 1.807) is 24.9 Å². The second kappa shape index (κ2) is 7.78. The van der Waals surface area contributed by atoms with Crippen molar-refractivity contribution in [1.29, 1.82) is 0 Å². The van der Waals surface area contributed by atoms with Crippen molar-refractivity contribution in [2.45, 2.75) is 27.3 Å². The maximum Gasteiger partial charge on any atom is 0.317 e. The quantitative estimate of drug-likeness (QED) is 0.831. The van der Waals surface area contributed by atoms with Crippen molar-refractivity contribution in [3.05, 3.63) is 41.3 Å². The molecule has 2 N–H and O–H groups in total. The average Bonchev–Trinajstić information content (AvgIpc) is 2.91. The Bertz CT molecular complexity index is 754. The van der Waals surface area contributed by atoms with Crippen LogP contribution in [0.2, 0.25) is 0 Å². The van der Waals surface area contributed by atoms with Crippen LogP contribution in [0.4, 0.5) is 4.79 Å². The average molecular weight is 345 g/mol. The molecule has 0 radical (unpaired) electrons. The van der Waals surface area contributed by atoms with E-state index in [2.05, 4.69) is 15.4 Å². The number of aromatic nitrogens is 3. The number of aryl methyl sites for hydroxylation is 2. The van der Waals surface area contributed by atoms with Gasteiger partial charge in [0.05, 0.1) is 11.6 Å². The van der Waals surface area contributed by atoms with E-state index in [1.165, 1.54) is 4.90 Å². The van der Waals surface area contributed by atoms with Gasteiger partial charge in [-0.15, -0.1) is 0 Å². The number of amides is 2. The number of nitrogens with one attached hydrogen (secondary N) is 1. The highest BCUT2D eigenvalue weighted by molar-refractivity contribution is 5.75. The Morgan fingerprint density at radius 2 is 2.08 bits per heavy atom. The fourth-order valence-corrected chi connectivity index (χ4v) is 2.39. The fourth-order valence-electron chi connectivity index (χ4n) is 2.39. The first-order valence-corrected chi connectivity index (χ1v) is 7.98. The largest absolute Gasteiger partial charge is 0.481 e. The second-order valence-electron chi connectivity index (χ2n) is 6.14. The minimum Gasteiger partial charge on any atom is -0.481 e. The number of carbonyl (C=O) groups is 2. The lowest BCUT2D eigenvalue weighted by Crippen LogP contribution is -2.40. The van der Waals surface area contributed by atoms with Gasteiger partial charge in [0.25, 0.3) is 0 Å². The van der Waals surface area contributed by atoms with Crippen molar-refractivity contribution in [3.63, 3.8) is 0 Å². The first-order chi connectivity index (χ1) is 11.8. The van der Waals surface area contributed by atoms with E-state index < -0.39 is 11.9 Å². The van der Waals surface area contributed by atoms with Crippen molar-refractivity contribution in [2.75, 3.05) is 13.6 Å². The maximum absolute atomic E-state index is 12.0. The van der Waals surface area contributed by atoms with Gasteiger partial charge in [-0.1, -0.05) is 13.0 Å². The third-order valence-electron chi connectivity index (χ3n) is 3.80. The van der Waals surface area contributed by atoms with Gasteiger partial charge in [0.2, 0.25) is 0 Å². The second-order valence-corrected chi connectivity index (χ2v) is 6.14. The van der Waals surface area contributed by atoms with Crippen LogP contribution in [-0.4, -0.2) is 50.4 Å². The SMILES string of the molecule is Cc1cc(C)n(-c2ccc(CNC(=O)N(C)CC(C)C(=O)O)cn2)n1. The zero-order valence-corrected chi connectivity index (χ0v) is 14.9. The van der Waals surface area contributed by atoms with Gasteiger partial charge in [-0.3, -0.25) is 4.79 Å². The van der Waals surface area contributed by atoms with Gasteiger partial charge >= 0.3 is 12.0 Å². The molecule has 0 saturated heterocycles. The van der Waals surface area contributed by atoms with Crippen LogP contribution < -0.4 is 5.32 Å². The Morgan fingerprint density at radius 3 is 2.60 bits per heavy atom. The summed E-state index contributed by atoms with van der Waals surface area (Å²) < 4.78 is 1.76. The van der Waals surface area contributed by atoms with Gasteiger partial charge in [-0.05, 0) is 31.5 Å². The molecule has 0 bridgehead atoms. The highest BCUT2D eigenvalue weighted by Gasteiger charge is 2.17. The van der Waals surface area contributed by atoms with Crippen molar-refractivity contribution < 1.29 is 14.7 Å². The summed E-state index contributed by atoms with van der Waals surface area (Å²) in [6, 6.07) is 5.37. The predicted molar refractivity (Wildman–Crippen MR) is 92.5 cm³/mol. The number of carboxylic acid groups (broad SMARTS) is 1. The highest BCUT2D eigenvalue weighted by atomic mass is 16.4. The van der Waals surface area contributed by atoms with Crippen LogP contribution in [0, 0.1) is 19.8 Å². The van der Waals surface area contributed by atoms with Gasteiger partial charge < -0.3 is 15.3 Å². The molecule has 2 aromatic rings. The van der Waals surface area contributed by atoms with Gasteiger partial charge in [-0.2, -0.15) is 5.10 Å². The molecule has 2 aromatic heterocycles. The van der Waals surface area contributed by atoms with E-state index in [1.807, 2.05) is 32.0 Å². The first-order valence-electron chi connectivity index (χ1n) is 7.98. The number of pyridine rings is 1. The molecular formula is C17H23N5O3. The van der Waals surface area contributed by atoms with E-state index >= 15 is 0 Å². The normalized spacial score (nSPS) is 11.8. The van der Waals surface area contributed by atoms with E-state index in [0.717, 1.165) is 17.0 Å². The lowest BCUT2D eigenvalue weighted by molar-refractivity contribution is -0.141. The minimum atomic E-state index is -0.927. The number of nitrogens with zero attached hydrogens (tertiary/aromatic N) is 4. The molecule has 25 heavy (non-hydrogen) atoms. The monoisotopic (exact) mass is 345 g/mol. The third kappa shape index (κ3) is 4.79. The van der Waals surface area contributed by atoms with Crippen LogP contribution in [0.15, 0.2) is 24.4 Å². The molecule has 0 aliphatic carbocycles. The highest BCUT2D eigenvalue weighted by Crippen LogP contribution is 2.10. The Morgan fingerprint density at radius 1 is 1.36 bits per heavy atom. The number of hydrogen-bond donors (Lipinski definition) is 2. The van der Waals surface area contributed by atoms with E-state index in [0.29, 0.717) is 12.4 Å². The molecule has 0 aliphatic heterocycles. The molecule has 0 aromatic carbocycles. The van der Waals surface area contributed by atoms with Crippen LogP contribution >= 0.6 is 0 Å². The van der Waals surface area contributed by atoms with Gasteiger partial charge in [0.1, 0.15) is 0 Å². The molecule has 0 spiro atoms. The molecule has 1 unspecified atom stereocenters. The van der Waals surface area contributed by atoms with E-state index in [4.69, 9.17) is 5.11 Å². The summed E-state index contributed by atoms with van der Waals surface area (Å²) in [5, 5.41) is 16.0. The summed E-state index contributed by atoms with van der Waals surface area (Å²) in [4.78, 5) is 28.6. The zero-order chi connectivity index (χ0) is 18.6. The van der Waals surface area contributed by atoms with Crippen LogP contribution in [0.3, 0.4) is 0 Å². The Labute approximate surface area is 146 Å². The molecule has 2 heterocycles. The van der Waals surface area contributed by atoms with Crippen molar-refractivity contribution >= 4 is 12.0 Å². The fraction of sp³-hybridized carbons (Fsp3) is 0.412. The smallest absolute Gasteiger partial charge is 0.317 e. The number of carboxylic acids is 1. The van der Waals surface area contributed by atoms with Gasteiger partial charge in [0, 0.05) is 32.0 Å². The Balaban J connectivity index is 1.92. The van der Waals surface area contributed by atoms with E-state index in [9.17, 15) is 9.59 Å². The minimum absolute atomic E-state index is 0.149. The molecule has 8 nitrogen and oxygen atoms in total. The molecule has 0 saturated carbocycles. The summed E-state index contributed by atoms with van der Waals surface area (Å²) in [7, 11) is 1.57. The molecule has 0 aliphatic rings. The van der Waals surface area contributed by atoms with E-state index in [-0.39, 0.29) is 12.6 Å².